The second-order valence-electron chi connectivity index (χ2n) is 9.54. The Kier molecular flexibility index (Phi) is 6.45. The van der Waals surface area contributed by atoms with E-state index in [9.17, 15) is 14.4 Å². The van der Waals surface area contributed by atoms with Crippen LogP contribution in [0.1, 0.15) is 47.1 Å². The number of carbonyl (C=O) groups is 3. The standard InChI is InChI=1S/C24H30N2O5Si/c1-24(2,3)32(4,5)31-17-12-10-16(11-13-17)14-18(30-23(25)29)15-26-21(27)19-8-6-7-9-20(19)22(26)28/h6-13,18H,14-15H2,1-5H3,(H2,25,29). The van der Waals surface area contributed by atoms with Crippen molar-refractivity contribution in [3.63, 3.8) is 0 Å². The zero-order valence-corrected chi connectivity index (χ0v) is 20.2. The average Bonchev–Trinajstić information content (AvgIpc) is 2.93. The topological polar surface area (TPSA) is 98.9 Å². The first kappa shape index (κ1) is 23.5. The summed E-state index contributed by atoms with van der Waals surface area (Å²) in [5.74, 6) is -0.0170. The minimum Gasteiger partial charge on any atom is -0.544 e. The molecule has 8 heteroatoms. The molecule has 0 spiro atoms. The van der Waals surface area contributed by atoms with Crippen LogP contribution in [0.4, 0.5) is 4.79 Å². The van der Waals surface area contributed by atoms with E-state index in [1.54, 1.807) is 24.3 Å². The van der Waals surface area contributed by atoms with E-state index in [1.165, 1.54) is 0 Å². The zero-order valence-electron chi connectivity index (χ0n) is 19.2. The predicted octanol–water partition coefficient (Wildman–Crippen LogP) is 4.37. The molecule has 1 aliphatic rings. The van der Waals surface area contributed by atoms with Crippen LogP contribution in [0.2, 0.25) is 18.1 Å². The zero-order chi connectivity index (χ0) is 23.7. The van der Waals surface area contributed by atoms with Crippen LogP contribution in [0.15, 0.2) is 48.5 Å². The van der Waals surface area contributed by atoms with Crippen LogP contribution in [-0.2, 0) is 11.2 Å². The lowest BCUT2D eigenvalue weighted by atomic mass is 10.1. The minimum absolute atomic E-state index is 0.0719. The summed E-state index contributed by atoms with van der Waals surface area (Å²) in [4.78, 5) is 37.9. The van der Waals surface area contributed by atoms with Gasteiger partial charge in [-0.1, -0.05) is 45.0 Å². The maximum atomic E-state index is 12.7. The van der Waals surface area contributed by atoms with Crippen LogP contribution < -0.4 is 10.2 Å². The first-order valence-corrected chi connectivity index (χ1v) is 13.5. The SMILES string of the molecule is CC(C)(C)[Si](C)(C)Oc1ccc(CC(CN2C(=O)c3ccccc3C2=O)OC(N)=O)cc1. The lowest BCUT2D eigenvalue weighted by molar-refractivity contribution is 0.0490. The highest BCUT2D eigenvalue weighted by Gasteiger charge is 2.39. The van der Waals surface area contributed by atoms with E-state index in [4.69, 9.17) is 14.9 Å². The van der Waals surface area contributed by atoms with E-state index >= 15 is 0 Å². The summed E-state index contributed by atoms with van der Waals surface area (Å²) in [5, 5.41) is 0.0818. The number of hydrogen-bond acceptors (Lipinski definition) is 5. The lowest BCUT2D eigenvalue weighted by Gasteiger charge is -2.36. The molecule has 3 rings (SSSR count). The first-order valence-electron chi connectivity index (χ1n) is 10.6. The third-order valence-electron chi connectivity index (χ3n) is 6.11. The molecule has 1 aliphatic heterocycles. The van der Waals surface area contributed by atoms with E-state index in [1.807, 2.05) is 24.3 Å². The molecule has 2 aromatic carbocycles. The van der Waals surface area contributed by atoms with Crippen molar-refractivity contribution in [2.24, 2.45) is 5.73 Å². The van der Waals surface area contributed by atoms with Crippen molar-refractivity contribution in [3.8, 4) is 5.75 Å². The summed E-state index contributed by atoms with van der Waals surface area (Å²) < 4.78 is 11.5. The molecule has 1 unspecified atom stereocenters. The molecule has 32 heavy (non-hydrogen) atoms. The number of nitrogens with two attached hydrogens (primary N) is 1. The van der Waals surface area contributed by atoms with Crippen LogP contribution in [0, 0.1) is 0 Å². The summed E-state index contributed by atoms with van der Waals surface area (Å²) in [6, 6.07) is 14.2. The third-order valence-corrected chi connectivity index (χ3v) is 10.5. The molecule has 2 N–H and O–H groups in total. The molecule has 3 amide bonds. The van der Waals surface area contributed by atoms with Crippen LogP contribution in [0.3, 0.4) is 0 Å². The summed E-state index contributed by atoms with van der Waals surface area (Å²) in [5.41, 5.74) is 6.81. The van der Waals surface area contributed by atoms with E-state index in [0.29, 0.717) is 17.5 Å². The van der Waals surface area contributed by atoms with Crippen LogP contribution in [0.25, 0.3) is 0 Å². The second kappa shape index (κ2) is 8.78. The van der Waals surface area contributed by atoms with Crippen molar-refractivity contribution in [1.82, 2.24) is 4.90 Å². The fraction of sp³-hybridized carbons (Fsp3) is 0.375. The number of amides is 3. The lowest BCUT2D eigenvalue weighted by Crippen LogP contribution is -2.43. The predicted molar refractivity (Wildman–Crippen MR) is 124 cm³/mol. The van der Waals surface area contributed by atoms with Crippen molar-refractivity contribution in [2.75, 3.05) is 6.54 Å². The van der Waals surface area contributed by atoms with Gasteiger partial charge in [0.15, 0.2) is 0 Å². The highest BCUT2D eigenvalue weighted by molar-refractivity contribution is 6.74. The maximum absolute atomic E-state index is 12.7. The minimum atomic E-state index is -1.96. The van der Waals surface area contributed by atoms with E-state index in [2.05, 4.69) is 33.9 Å². The Morgan fingerprint density at radius 3 is 2.00 bits per heavy atom. The molecular weight excluding hydrogens is 424 g/mol. The Morgan fingerprint density at radius 1 is 1.00 bits per heavy atom. The number of fused-ring (bicyclic) bond motifs is 1. The number of primary amides is 1. The third kappa shape index (κ3) is 5.02. The van der Waals surface area contributed by atoms with Crippen molar-refractivity contribution in [1.29, 1.82) is 0 Å². The molecule has 1 heterocycles. The highest BCUT2D eigenvalue weighted by atomic mass is 28.4. The summed E-state index contributed by atoms with van der Waals surface area (Å²) in [6.45, 7) is 10.8. The molecule has 170 valence electrons. The first-order chi connectivity index (χ1) is 14.9. The molecule has 7 nitrogen and oxygen atoms in total. The van der Waals surface area contributed by atoms with Gasteiger partial charge in [0, 0.05) is 6.42 Å². The number of ether oxygens (including phenoxy) is 1. The Labute approximate surface area is 189 Å². The molecule has 1 atom stereocenters. The van der Waals surface area contributed by atoms with Gasteiger partial charge in [0.2, 0.25) is 8.32 Å². The van der Waals surface area contributed by atoms with Gasteiger partial charge < -0.3 is 14.9 Å². The molecule has 0 fully saturated rings. The van der Waals surface area contributed by atoms with Crippen LogP contribution in [-0.4, -0.2) is 43.8 Å². The van der Waals surface area contributed by atoms with Crippen molar-refractivity contribution in [2.45, 2.75) is 51.4 Å². The normalized spacial score (nSPS) is 14.8. The van der Waals surface area contributed by atoms with Crippen LogP contribution in [0.5, 0.6) is 5.75 Å². The number of benzene rings is 2. The molecule has 0 saturated heterocycles. The van der Waals surface area contributed by atoms with Gasteiger partial charge in [-0.25, -0.2) is 4.79 Å². The monoisotopic (exact) mass is 454 g/mol. The highest BCUT2D eigenvalue weighted by Crippen LogP contribution is 2.37. The fourth-order valence-corrected chi connectivity index (χ4v) is 4.35. The molecule has 0 aromatic heterocycles. The van der Waals surface area contributed by atoms with E-state index in [-0.39, 0.29) is 11.6 Å². The van der Waals surface area contributed by atoms with Crippen molar-refractivity contribution >= 4 is 26.2 Å². The van der Waals surface area contributed by atoms with Gasteiger partial charge in [-0.3, -0.25) is 14.5 Å². The van der Waals surface area contributed by atoms with Gasteiger partial charge in [0.05, 0.1) is 17.7 Å². The van der Waals surface area contributed by atoms with Gasteiger partial charge in [-0.05, 0) is 48.0 Å². The second-order valence-corrected chi connectivity index (χ2v) is 14.3. The van der Waals surface area contributed by atoms with Crippen molar-refractivity contribution < 1.29 is 23.5 Å². The molecular formula is C24H30N2O5Si. The fourth-order valence-electron chi connectivity index (χ4n) is 3.32. The van der Waals surface area contributed by atoms with Gasteiger partial charge in [-0.15, -0.1) is 0 Å². The molecule has 0 saturated carbocycles. The number of carbonyl (C=O) groups excluding carboxylic acids is 3. The molecule has 0 aliphatic carbocycles. The Morgan fingerprint density at radius 2 is 1.53 bits per heavy atom. The summed E-state index contributed by atoms with van der Waals surface area (Å²) >= 11 is 0. The van der Waals surface area contributed by atoms with Gasteiger partial charge >= 0.3 is 6.09 Å². The Balaban J connectivity index is 1.72. The molecule has 0 bridgehead atoms. The van der Waals surface area contributed by atoms with Crippen molar-refractivity contribution in [3.05, 3.63) is 65.2 Å². The van der Waals surface area contributed by atoms with E-state index in [0.717, 1.165) is 16.2 Å². The maximum Gasteiger partial charge on any atom is 0.404 e. The summed E-state index contributed by atoms with van der Waals surface area (Å²) in [6.07, 6.45) is -1.41. The average molecular weight is 455 g/mol. The van der Waals surface area contributed by atoms with Crippen LogP contribution >= 0.6 is 0 Å². The summed E-state index contributed by atoms with van der Waals surface area (Å²) in [7, 11) is -1.96. The quantitative estimate of drug-likeness (QED) is 0.495. The Bertz CT molecular complexity index is 992. The number of rotatable bonds is 7. The number of imide groups is 1. The largest absolute Gasteiger partial charge is 0.544 e. The molecule has 2 aromatic rings. The number of hydrogen-bond donors (Lipinski definition) is 1. The Hall–Kier alpha value is -3.13. The smallest absolute Gasteiger partial charge is 0.404 e. The van der Waals surface area contributed by atoms with Gasteiger partial charge in [0.25, 0.3) is 11.8 Å². The van der Waals surface area contributed by atoms with Gasteiger partial charge in [0.1, 0.15) is 11.9 Å². The van der Waals surface area contributed by atoms with Gasteiger partial charge in [-0.2, -0.15) is 0 Å². The van der Waals surface area contributed by atoms with E-state index < -0.39 is 32.3 Å². The molecule has 0 radical (unpaired) electrons. The number of nitrogens with zero attached hydrogens (tertiary/aromatic N) is 1.